The molecule has 0 fully saturated rings. The summed E-state index contributed by atoms with van der Waals surface area (Å²) >= 11 is 3.39. The number of anilines is 1. The van der Waals surface area contributed by atoms with Crippen LogP contribution in [0.25, 0.3) is 0 Å². The summed E-state index contributed by atoms with van der Waals surface area (Å²) in [5.41, 5.74) is 2.62. The molecule has 0 heterocycles. The first-order valence-corrected chi connectivity index (χ1v) is 8.07. The van der Waals surface area contributed by atoms with Gasteiger partial charge in [-0.15, -0.1) is 0 Å². The summed E-state index contributed by atoms with van der Waals surface area (Å²) in [4.78, 5) is 23.6. The topological polar surface area (TPSA) is 66.4 Å². The van der Waals surface area contributed by atoms with Crippen molar-refractivity contribution < 1.29 is 14.7 Å². The van der Waals surface area contributed by atoms with E-state index >= 15 is 0 Å². The van der Waals surface area contributed by atoms with Crippen LogP contribution in [0.2, 0.25) is 0 Å². The smallest absolute Gasteiger partial charge is 0.307 e. The molecule has 120 valence electrons. The zero-order chi connectivity index (χ0) is 16.8. The molecule has 2 N–H and O–H groups in total. The van der Waals surface area contributed by atoms with Gasteiger partial charge in [-0.2, -0.15) is 0 Å². The largest absolute Gasteiger partial charge is 0.481 e. The van der Waals surface area contributed by atoms with Gasteiger partial charge in [-0.3, -0.25) is 9.59 Å². The van der Waals surface area contributed by atoms with Gasteiger partial charge in [0.25, 0.3) is 0 Å². The maximum atomic E-state index is 12.2. The fourth-order valence-electron chi connectivity index (χ4n) is 2.29. The number of aryl methyl sites for hydroxylation is 1. The van der Waals surface area contributed by atoms with Crippen molar-refractivity contribution in [3.63, 3.8) is 0 Å². The van der Waals surface area contributed by atoms with Gasteiger partial charge in [0.1, 0.15) is 0 Å². The molecule has 2 rings (SSSR count). The van der Waals surface area contributed by atoms with Crippen molar-refractivity contribution in [2.24, 2.45) is 5.92 Å². The van der Waals surface area contributed by atoms with Gasteiger partial charge >= 0.3 is 5.97 Å². The molecule has 1 unspecified atom stereocenters. The first-order chi connectivity index (χ1) is 11.0. The monoisotopic (exact) mass is 375 g/mol. The minimum Gasteiger partial charge on any atom is -0.481 e. The number of hydrogen-bond donors (Lipinski definition) is 2. The Morgan fingerprint density at radius 3 is 2.48 bits per heavy atom. The number of hydrogen-bond acceptors (Lipinski definition) is 2. The molecule has 0 aliphatic carbocycles. The van der Waals surface area contributed by atoms with E-state index in [1.54, 1.807) is 6.07 Å². The molecule has 0 aromatic heterocycles. The van der Waals surface area contributed by atoms with E-state index in [9.17, 15) is 14.7 Å². The lowest BCUT2D eigenvalue weighted by Gasteiger charge is -2.13. The van der Waals surface area contributed by atoms with Gasteiger partial charge in [-0.05, 0) is 52.5 Å². The van der Waals surface area contributed by atoms with Crippen LogP contribution in [0.1, 0.15) is 17.5 Å². The van der Waals surface area contributed by atoms with E-state index in [-0.39, 0.29) is 12.3 Å². The third kappa shape index (κ3) is 5.21. The number of nitrogens with one attached hydrogen (secondary N) is 1. The molecule has 23 heavy (non-hydrogen) atoms. The van der Waals surface area contributed by atoms with Crippen molar-refractivity contribution in [3.8, 4) is 0 Å². The average Bonchev–Trinajstić information content (AvgIpc) is 2.50. The zero-order valence-corrected chi connectivity index (χ0v) is 14.3. The van der Waals surface area contributed by atoms with Gasteiger partial charge < -0.3 is 10.4 Å². The fraction of sp³-hybridized carbons (Fsp3) is 0.222. The molecule has 0 spiro atoms. The van der Waals surface area contributed by atoms with Gasteiger partial charge in [0.15, 0.2) is 0 Å². The third-order valence-electron chi connectivity index (χ3n) is 3.50. The van der Waals surface area contributed by atoms with Gasteiger partial charge in [-0.25, -0.2) is 0 Å². The maximum absolute atomic E-state index is 12.2. The van der Waals surface area contributed by atoms with Gasteiger partial charge in [0.05, 0.1) is 11.6 Å². The molecule has 5 heteroatoms. The lowest BCUT2D eigenvalue weighted by molar-refractivity contribution is -0.143. The Bertz CT molecular complexity index is 701. The van der Waals surface area contributed by atoms with Crippen LogP contribution in [0.3, 0.4) is 0 Å². The van der Waals surface area contributed by atoms with Crippen molar-refractivity contribution >= 4 is 33.5 Å². The molecule has 0 radical (unpaired) electrons. The molecule has 0 aliphatic heterocycles. The molecule has 0 saturated carbocycles. The molecular weight excluding hydrogens is 358 g/mol. The lowest BCUT2D eigenvalue weighted by atomic mass is 9.96. The van der Waals surface area contributed by atoms with Crippen molar-refractivity contribution in [1.82, 2.24) is 0 Å². The van der Waals surface area contributed by atoms with Crippen LogP contribution in [0, 0.1) is 12.8 Å². The molecule has 4 nitrogen and oxygen atoms in total. The molecule has 0 bridgehead atoms. The minimum absolute atomic E-state index is 0.0649. The molecule has 2 aromatic rings. The predicted octanol–water partition coefficient (Wildman–Crippen LogP) is 4.03. The van der Waals surface area contributed by atoms with E-state index < -0.39 is 11.9 Å². The molecule has 0 aliphatic rings. The van der Waals surface area contributed by atoms with E-state index in [4.69, 9.17) is 0 Å². The lowest BCUT2D eigenvalue weighted by Crippen LogP contribution is -2.24. The van der Waals surface area contributed by atoms with E-state index in [2.05, 4.69) is 21.2 Å². The van der Waals surface area contributed by atoms with Crippen LogP contribution in [0.4, 0.5) is 5.69 Å². The number of halogens is 1. The van der Waals surface area contributed by atoms with E-state index in [1.165, 1.54) is 0 Å². The second-order valence-electron chi connectivity index (χ2n) is 5.46. The van der Waals surface area contributed by atoms with Crippen molar-refractivity contribution in [2.45, 2.75) is 19.8 Å². The number of carboxylic acids is 1. The second-order valence-corrected chi connectivity index (χ2v) is 6.31. The Morgan fingerprint density at radius 1 is 1.17 bits per heavy atom. The Kier molecular flexibility index (Phi) is 5.93. The van der Waals surface area contributed by atoms with Gasteiger partial charge in [0.2, 0.25) is 5.91 Å². The summed E-state index contributed by atoms with van der Waals surface area (Å²) in [6.07, 6.45) is 0.267. The molecule has 1 amide bonds. The Labute approximate surface area is 143 Å². The highest BCUT2D eigenvalue weighted by Crippen LogP contribution is 2.24. The minimum atomic E-state index is -0.966. The number of carbonyl (C=O) groups is 2. The van der Waals surface area contributed by atoms with Gasteiger partial charge in [-0.1, -0.05) is 36.4 Å². The molecule has 0 saturated heterocycles. The van der Waals surface area contributed by atoms with Crippen molar-refractivity contribution in [2.75, 3.05) is 5.32 Å². The summed E-state index contributed by atoms with van der Waals surface area (Å²) in [6, 6.07) is 14.9. The number of carbonyl (C=O) groups excluding carboxylic acids is 1. The fourth-order valence-corrected chi connectivity index (χ4v) is 2.88. The van der Waals surface area contributed by atoms with Crippen LogP contribution < -0.4 is 5.32 Å². The molecule has 1 atom stereocenters. The van der Waals surface area contributed by atoms with Gasteiger partial charge in [0, 0.05) is 10.9 Å². The highest BCUT2D eigenvalue weighted by molar-refractivity contribution is 9.10. The number of rotatable bonds is 6. The first kappa shape index (κ1) is 17.2. The van der Waals surface area contributed by atoms with Crippen LogP contribution in [0.5, 0.6) is 0 Å². The third-order valence-corrected chi connectivity index (χ3v) is 4.16. The summed E-state index contributed by atoms with van der Waals surface area (Å²) in [5.74, 6) is -2.02. The summed E-state index contributed by atoms with van der Waals surface area (Å²) in [5, 5.41) is 12.1. The quantitative estimate of drug-likeness (QED) is 0.800. The number of amides is 1. The average molecular weight is 376 g/mol. The van der Waals surface area contributed by atoms with Crippen molar-refractivity contribution in [3.05, 3.63) is 64.1 Å². The summed E-state index contributed by atoms with van der Waals surface area (Å²) in [6.45, 7) is 1.96. The van der Waals surface area contributed by atoms with E-state index in [1.807, 2.05) is 49.4 Å². The highest BCUT2D eigenvalue weighted by Gasteiger charge is 2.22. The second kappa shape index (κ2) is 7.92. The molecule has 2 aromatic carbocycles. The van der Waals surface area contributed by atoms with Crippen molar-refractivity contribution in [1.29, 1.82) is 0 Å². The number of aliphatic carboxylic acids is 1. The summed E-state index contributed by atoms with van der Waals surface area (Å²) in [7, 11) is 0. The predicted molar refractivity (Wildman–Crippen MR) is 93.4 cm³/mol. The normalized spacial score (nSPS) is 11.7. The summed E-state index contributed by atoms with van der Waals surface area (Å²) < 4.78 is 0.779. The molecular formula is C18H18BrNO3. The van der Waals surface area contributed by atoms with E-state index in [0.29, 0.717) is 12.1 Å². The first-order valence-electron chi connectivity index (χ1n) is 7.28. The Hall–Kier alpha value is -2.14. The van der Waals surface area contributed by atoms with Crippen LogP contribution in [0.15, 0.2) is 53.0 Å². The number of carboxylic acid groups (broad SMARTS) is 1. The standard InChI is InChI=1S/C18H18BrNO3/c1-12-7-8-16(15(19)9-12)20-17(21)11-14(18(22)23)10-13-5-3-2-4-6-13/h2-9,14H,10-11H2,1H3,(H,20,21)(H,22,23). The van der Waals surface area contributed by atoms with Crippen LogP contribution in [-0.2, 0) is 16.0 Å². The Balaban J connectivity index is 2.02. The Morgan fingerprint density at radius 2 is 1.87 bits per heavy atom. The van der Waals surface area contributed by atoms with Crippen LogP contribution in [-0.4, -0.2) is 17.0 Å². The zero-order valence-electron chi connectivity index (χ0n) is 12.8. The number of benzene rings is 2. The maximum Gasteiger partial charge on any atom is 0.307 e. The SMILES string of the molecule is Cc1ccc(NC(=O)CC(Cc2ccccc2)C(=O)O)c(Br)c1. The van der Waals surface area contributed by atoms with Crippen LogP contribution >= 0.6 is 15.9 Å². The highest BCUT2D eigenvalue weighted by atomic mass is 79.9. The van der Waals surface area contributed by atoms with E-state index in [0.717, 1.165) is 15.6 Å².